The summed E-state index contributed by atoms with van der Waals surface area (Å²) in [5, 5.41) is 5.74. The van der Waals surface area contributed by atoms with Crippen LogP contribution < -0.4 is 10.2 Å². The third-order valence-electron chi connectivity index (χ3n) is 4.08. The van der Waals surface area contributed by atoms with Gasteiger partial charge in [-0.15, -0.1) is 0 Å². The summed E-state index contributed by atoms with van der Waals surface area (Å²) in [6.07, 6.45) is 1.66. The van der Waals surface area contributed by atoms with E-state index in [1.54, 1.807) is 24.4 Å². The predicted molar refractivity (Wildman–Crippen MR) is 108 cm³/mol. The summed E-state index contributed by atoms with van der Waals surface area (Å²) in [6.45, 7) is 1.87. The zero-order valence-electron chi connectivity index (χ0n) is 14.3. The molecule has 26 heavy (non-hydrogen) atoms. The number of para-hydroxylation sites is 1. The average molecular weight is 435 g/mol. The Bertz CT molecular complexity index is 998. The number of nitrogens with one attached hydrogen (secondary N) is 1. The van der Waals surface area contributed by atoms with Crippen molar-refractivity contribution in [2.24, 2.45) is 12.1 Å². The Kier molecular flexibility index (Phi) is 5.64. The van der Waals surface area contributed by atoms with E-state index < -0.39 is 0 Å². The monoisotopic (exact) mass is 433 g/mol. The Hall–Kier alpha value is -2.31. The van der Waals surface area contributed by atoms with Crippen molar-refractivity contribution < 1.29 is 9.53 Å². The Morgan fingerprint density at radius 3 is 2.88 bits per heavy atom. The number of nitrogens with zero attached hydrogens (tertiary/aromatic N) is 2. The number of ether oxygens (including phenoxy) is 1. The molecule has 0 atom stereocenters. The van der Waals surface area contributed by atoms with Crippen molar-refractivity contribution in [1.82, 2.24) is 9.99 Å². The van der Waals surface area contributed by atoms with Gasteiger partial charge in [0.1, 0.15) is 5.75 Å². The number of aryl methyl sites for hydroxylation is 1. The number of hydrogen-bond acceptors (Lipinski definition) is 3. The summed E-state index contributed by atoms with van der Waals surface area (Å²) in [5.74, 6) is 0.194. The van der Waals surface area contributed by atoms with Crippen molar-refractivity contribution in [2.75, 3.05) is 6.61 Å². The topological polar surface area (TPSA) is 55.6 Å². The van der Waals surface area contributed by atoms with Gasteiger partial charge >= 0.3 is 0 Å². The van der Waals surface area contributed by atoms with Gasteiger partial charge in [0.25, 0.3) is 5.91 Å². The first-order valence-corrected chi connectivity index (χ1v) is 9.08. The molecule has 0 saturated heterocycles. The minimum absolute atomic E-state index is 0.147. The third-order valence-corrected chi connectivity index (χ3v) is 4.94. The maximum Gasteiger partial charge on any atom is 0.277 e. The SMILES string of the molecule is Cc1c(C=NNC(=O)COc2ccc(Cl)cc2Br)c2ccccc2n1C. The molecular formula is C19H17BrClN3O2. The molecule has 0 spiro atoms. The van der Waals surface area contributed by atoms with Crippen LogP contribution in [0.15, 0.2) is 52.0 Å². The van der Waals surface area contributed by atoms with Crippen LogP contribution in [-0.4, -0.2) is 23.3 Å². The van der Waals surface area contributed by atoms with Crippen LogP contribution in [0, 0.1) is 6.92 Å². The second-order valence-electron chi connectivity index (χ2n) is 5.73. The molecule has 0 radical (unpaired) electrons. The van der Waals surface area contributed by atoms with Gasteiger partial charge in [0.05, 0.1) is 10.7 Å². The zero-order chi connectivity index (χ0) is 18.7. The lowest BCUT2D eigenvalue weighted by Gasteiger charge is -2.07. The number of carbonyl (C=O) groups is 1. The lowest BCUT2D eigenvalue weighted by atomic mass is 10.1. The van der Waals surface area contributed by atoms with Crippen LogP contribution in [0.3, 0.4) is 0 Å². The molecule has 0 saturated carbocycles. The van der Waals surface area contributed by atoms with Crippen molar-refractivity contribution >= 4 is 50.6 Å². The zero-order valence-corrected chi connectivity index (χ0v) is 16.6. The van der Waals surface area contributed by atoms with Gasteiger partial charge in [0.2, 0.25) is 0 Å². The van der Waals surface area contributed by atoms with Crippen LogP contribution in [0.25, 0.3) is 10.9 Å². The molecule has 1 amide bonds. The minimum atomic E-state index is -0.346. The molecule has 0 fully saturated rings. The van der Waals surface area contributed by atoms with Crippen LogP contribution in [0.2, 0.25) is 5.02 Å². The minimum Gasteiger partial charge on any atom is -0.483 e. The van der Waals surface area contributed by atoms with Crippen LogP contribution in [-0.2, 0) is 11.8 Å². The molecule has 1 heterocycles. The number of amides is 1. The van der Waals surface area contributed by atoms with Crippen LogP contribution in [0.1, 0.15) is 11.3 Å². The molecule has 0 aliphatic rings. The molecule has 134 valence electrons. The molecule has 2 aromatic carbocycles. The van der Waals surface area contributed by atoms with Gasteiger partial charge < -0.3 is 9.30 Å². The number of benzene rings is 2. The van der Waals surface area contributed by atoms with E-state index in [0.29, 0.717) is 15.2 Å². The first kappa shape index (κ1) is 18.5. The number of carbonyl (C=O) groups excluding carboxylic acids is 1. The Morgan fingerprint density at radius 1 is 1.35 bits per heavy atom. The standard InChI is InChI=1S/C19H17BrClN3O2/c1-12-15(14-5-3-4-6-17(14)24(12)2)10-22-23-19(25)11-26-18-8-7-13(21)9-16(18)20/h3-10H,11H2,1-2H3,(H,23,25). The molecule has 1 N–H and O–H groups in total. The van der Waals surface area contributed by atoms with E-state index >= 15 is 0 Å². The van der Waals surface area contributed by atoms with Crippen molar-refractivity contribution in [3.05, 3.63) is 63.2 Å². The summed E-state index contributed by atoms with van der Waals surface area (Å²) in [7, 11) is 2.01. The molecule has 0 aliphatic carbocycles. The molecule has 0 bridgehead atoms. The first-order valence-electron chi connectivity index (χ1n) is 7.91. The van der Waals surface area contributed by atoms with Gasteiger partial charge in [-0.25, -0.2) is 5.43 Å². The molecule has 5 nitrogen and oxygen atoms in total. The summed E-state index contributed by atoms with van der Waals surface area (Å²) in [6, 6.07) is 13.2. The second kappa shape index (κ2) is 7.93. The Balaban J connectivity index is 1.64. The van der Waals surface area contributed by atoms with E-state index in [1.807, 2.05) is 32.2 Å². The van der Waals surface area contributed by atoms with E-state index in [1.165, 1.54) is 0 Å². The molecule has 0 aliphatic heterocycles. The number of rotatable bonds is 5. The van der Waals surface area contributed by atoms with Crippen molar-refractivity contribution in [1.29, 1.82) is 0 Å². The fourth-order valence-corrected chi connectivity index (χ4v) is 3.45. The van der Waals surface area contributed by atoms with Crippen LogP contribution in [0.5, 0.6) is 5.75 Å². The van der Waals surface area contributed by atoms with E-state index in [-0.39, 0.29) is 12.5 Å². The number of aromatic nitrogens is 1. The van der Waals surface area contributed by atoms with E-state index in [4.69, 9.17) is 16.3 Å². The Labute approximate surface area is 164 Å². The highest BCUT2D eigenvalue weighted by Crippen LogP contribution is 2.27. The molecule has 3 rings (SSSR count). The number of fused-ring (bicyclic) bond motifs is 1. The van der Waals surface area contributed by atoms with Crippen molar-refractivity contribution in [2.45, 2.75) is 6.92 Å². The van der Waals surface area contributed by atoms with E-state index in [0.717, 1.165) is 22.2 Å². The summed E-state index contributed by atoms with van der Waals surface area (Å²) < 4.78 is 8.24. The number of halogens is 2. The van der Waals surface area contributed by atoms with Gasteiger partial charge in [-0.3, -0.25) is 4.79 Å². The summed E-state index contributed by atoms with van der Waals surface area (Å²) in [5.41, 5.74) is 5.66. The predicted octanol–water partition coefficient (Wildman–Crippen LogP) is 4.43. The smallest absolute Gasteiger partial charge is 0.277 e. The second-order valence-corrected chi connectivity index (χ2v) is 7.02. The summed E-state index contributed by atoms with van der Waals surface area (Å²) >= 11 is 9.22. The lowest BCUT2D eigenvalue weighted by molar-refractivity contribution is -0.123. The molecular weight excluding hydrogens is 418 g/mol. The largest absolute Gasteiger partial charge is 0.483 e. The fourth-order valence-electron chi connectivity index (χ4n) is 2.65. The third kappa shape index (κ3) is 3.92. The fraction of sp³-hybridized carbons (Fsp3) is 0.158. The van der Waals surface area contributed by atoms with Gasteiger partial charge in [0, 0.05) is 34.2 Å². The molecule has 3 aromatic rings. The lowest BCUT2D eigenvalue weighted by Crippen LogP contribution is -2.24. The Morgan fingerprint density at radius 2 is 2.12 bits per heavy atom. The normalized spacial score (nSPS) is 11.2. The highest BCUT2D eigenvalue weighted by molar-refractivity contribution is 9.10. The average Bonchev–Trinajstić information content (AvgIpc) is 2.86. The van der Waals surface area contributed by atoms with Gasteiger partial charge in [-0.2, -0.15) is 5.10 Å². The maximum atomic E-state index is 11.9. The quantitative estimate of drug-likeness (QED) is 0.477. The van der Waals surface area contributed by atoms with Gasteiger partial charge in [-0.1, -0.05) is 29.8 Å². The van der Waals surface area contributed by atoms with Crippen LogP contribution in [0.4, 0.5) is 0 Å². The van der Waals surface area contributed by atoms with Gasteiger partial charge in [0.15, 0.2) is 6.61 Å². The highest BCUT2D eigenvalue weighted by Gasteiger charge is 2.10. The first-order chi connectivity index (χ1) is 12.5. The van der Waals surface area contributed by atoms with Crippen molar-refractivity contribution in [3.63, 3.8) is 0 Å². The van der Waals surface area contributed by atoms with Gasteiger partial charge in [-0.05, 0) is 47.1 Å². The van der Waals surface area contributed by atoms with Crippen LogP contribution >= 0.6 is 27.5 Å². The maximum absolute atomic E-state index is 11.9. The molecule has 1 aromatic heterocycles. The summed E-state index contributed by atoms with van der Waals surface area (Å²) in [4.78, 5) is 11.9. The molecule has 0 unspecified atom stereocenters. The number of hydrazone groups is 1. The van der Waals surface area contributed by atoms with E-state index in [9.17, 15) is 4.79 Å². The number of hydrogen-bond donors (Lipinski definition) is 1. The van der Waals surface area contributed by atoms with E-state index in [2.05, 4.69) is 37.1 Å². The van der Waals surface area contributed by atoms with Crippen molar-refractivity contribution in [3.8, 4) is 5.75 Å². The highest BCUT2D eigenvalue weighted by atomic mass is 79.9. The molecule has 7 heteroatoms.